The van der Waals surface area contributed by atoms with E-state index in [9.17, 15) is 4.79 Å². The normalized spacial score (nSPS) is 16.0. The van der Waals surface area contributed by atoms with E-state index in [0.717, 1.165) is 12.2 Å². The monoisotopic (exact) mass is 284 g/mol. The number of aromatic nitrogens is 1. The summed E-state index contributed by atoms with van der Waals surface area (Å²) < 4.78 is 10.9. The maximum Gasteiger partial charge on any atom is 0.256 e. The van der Waals surface area contributed by atoms with Crippen LogP contribution in [0, 0.1) is 0 Å². The van der Waals surface area contributed by atoms with Crippen molar-refractivity contribution in [2.75, 3.05) is 13.7 Å². The number of hydrogen-bond acceptors (Lipinski definition) is 4. The van der Waals surface area contributed by atoms with Gasteiger partial charge in [0.1, 0.15) is 17.4 Å². The number of carbonyl (C=O) groups excluding carboxylic acids is 1. The first-order valence-electron chi connectivity index (χ1n) is 6.79. The third kappa shape index (κ3) is 2.81. The maximum absolute atomic E-state index is 12.2. The van der Waals surface area contributed by atoms with Gasteiger partial charge in [-0.25, -0.2) is 4.98 Å². The average molecular weight is 284 g/mol. The molecule has 0 saturated heterocycles. The number of benzene rings is 1. The smallest absolute Gasteiger partial charge is 0.256 e. The quantitative estimate of drug-likeness (QED) is 0.930. The highest BCUT2D eigenvalue weighted by atomic mass is 16.5. The lowest BCUT2D eigenvalue weighted by Gasteiger charge is -2.12. The molecule has 1 aromatic carbocycles. The molecule has 0 fully saturated rings. The van der Waals surface area contributed by atoms with E-state index < -0.39 is 0 Å². The van der Waals surface area contributed by atoms with E-state index in [-0.39, 0.29) is 12.0 Å². The van der Waals surface area contributed by atoms with Crippen LogP contribution in [0.4, 0.5) is 0 Å². The summed E-state index contributed by atoms with van der Waals surface area (Å²) in [6, 6.07) is 11.3. The van der Waals surface area contributed by atoms with E-state index in [1.807, 2.05) is 24.3 Å². The number of pyridine rings is 1. The number of nitrogens with one attached hydrogen (secondary N) is 1. The molecule has 1 aromatic heterocycles. The molecule has 1 atom stereocenters. The fourth-order valence-corrected chi connectivity index (χ4v) is 2.40. The Labute approximate surface area is 122 Å². The molecule has 5 nitrogen and oxygen atoms in total. The third-order valence-electron chi connectivity index (χ3n) is 3.41. The number of para-hydroxylation sites is 1. The van der Waals surface area contributed by atoms with Crippen molar-refractivity contribution in [2.45, 2.75) is 12.5 Å². The summed E-state index contributed by atoms with van der Waals surface area (Å²) in [5, 5.41) is 2.87. The summed E-state index contributed by atoms with van der Waals surface area (Å²) in [7, 11) is 1.50. The number of nitrogens with zero attached hydrogens (tertiary/aromatic N) is 1. The zero-order chi connectivity index (χ0) is 14.7. The van der Waals surface area contributed by atoms with Crippen molar-refractivity contribution in [1.29, 1.82) is 0 Å². The molecule has 0 bridgehead atoms. The highest BCUT2D eigenvalue weighted by Gasteiger charge is 2.23. The maximum atomic E-state index is 12.2. The first-order valence-corrected chi connectivity index (χ1v) is 6.79. The molecular weight excluding hydrogens is 268 g/mol. The van der Waals surface area contributed by atoms with Gasteiger partial charge in [-0.05, 0) is 23.8 Å². The number of amides is 1. The predicted octanol–water partition coefficient (Wildman–Crippen LogP) is 1.82. The molecule has 0 aliphatic carbocycles. The summed E-state index contributed by atoms with van der Waals surface area (Å²) in [6.45, 7) is 0.450. The molecule has 108 valence electrons. The Morgan fingerprint density at radius 2 is 2.24 bits per heavy atom. The Bertz CT molecular complexity index is 632. The highest BCUT2D eigenvalue weighted by molar-refractivity contribution is 5.96. The van der Waals surface area contributed by atoms with Gasteiger partial charge in [0.2, 0.25) is 5.88 Å². The minimum absolute atomic E-state index is 0.0333. The summed E-state index contributed by atoms with van der Waals surface area (Å²) in [6.07, 6.45) is 2.36. The van der Waals surface area contributed by atoms with Crippen molar-refractivity contribution < 1.29 is 14.3 Å². The van der Waals surface area contributed by atoms with Crippen LogP contribution >= 0.6 is 0 Å². The van der Waals surface area contributed by atoms with Crippen molar-refractivity contribution in [1.82, 2.24) is 10.3 Å². The number of methoxy groups -OCH3 is 1. The molecule has 2 heterocycles. The second kappa shape index (κ2) is 5.83. The fraction of sp³-hybridized carbons (Fsp3) is 0.250. The van der Waals surface area contributed by atoms with E-state index in [0.29, 0.717) is 18.0 Å². The van der Waals surface area contributed by atoms with Crippen LogP contribution in [-0.4, -0.2) is 30.6 Å². The molecule has 5 heteroatoms. The van der Waals surface area contributed by atoms with E-state index >= 15 is 0 Å². The van der Waals surface area contributed by atoms with Gasteiger partial charge >= 0.3 is 0 Å². The second-order valence-corrected chi connectivity index (χ2v) is 4.82. The third-order valence-corrected chi connectivity index (χ3v) is 3.41. The second-order valence-electron chi connectivity index (χ2n) is 4.82. The molecule has 21 heavy (non-hydrogen) atoms. The van der Waals surface area contributed by atoms with Crippen molar-refractivity contribution in [3.05, 3.63) is 53.7 Å². The van der Waals surface area contributed by atoms with E-state index in [1.54, 1.807) is 18.3 Å². The van der Waals surface area contributed by atoms with Gasteiger partial charge in [0.05, 0.1) is 13.7 Å². The zero-order valence-corrected chi connectivity index (χ0v) is 11.7. The van der Waals surface area contributed by atoms with Crippen LogP contribution in [-0.2, 0) is 6.42 Å². The molecule has 0 saturated carbocycles. The molecule has 1 aliphatic heterocycles. The van der Waals surface area contributed by atoms with E-state index in [2.05, 4.69) is 10.3 Å². The fourth-order valence-electron chi connectivity index (χ4n) is 2.40. The first-order chi connectivity index (χ1) is 10.3. The summed E-state index contributed by atoms with van der Waals surface area (Å²) in [4.78, 5) is 16.2. The summed E-state index contributed by atoms with van der Waals surface area (Å²) in [5.41, 5.74) is 1.60. The van der Waals surface area contributed by atoms with Crippen molar-refractivity contribution in [2.24, 2.45) is 0 Å². The minimum Gasteiger partial charge on any atom is -0.488 e. The van der Waals surface area contributed by atoms with E-state index in [4.69, 9.17) is 9.47 Å². The lowest BCUT2D eigenvalue weighted by Crippen LogP contribution is -2.34. The molecule has 1 aliphatic rings. The van der Waals surface area contributed by atoms with Gasteiger partial charge < -0.3 is 14.8 Å². The van der Waals surface area contributed by atoms with Gasteiger partial charge in [-0.1, -0.05) is 18.2 Å². The van der Waals surface area contributed by atoms with Crippen molar-refractivity contribution >= 4 is 5.91 Å². The molecule has 0 spiro atoms. The van der Waals surface area contributed by atoms with Crippen LogP contribution in [0.3, 0.4) is 0 Å². The van der Waals surface area contributed by atoms with Crippen molar-refractivity contribution in [3.63, 3.8) is 0 Å². The number of fused-ring (bicyclic) bond motifs is 1. The topological polar surface area (TPSA) is 60.5 Å². The predicted molar refractivity (Wildman–Crippen MR) is 77.7 cm³/mol. The van der Waals surface area contributed by atoms with E-state index in [1.165, 1.54) is 12.7 Å². The van der Waals surface area contributed by atoms with Crippen molar-refractivity contribution in [3.8, 4) is 11.6 Å². The Morgan fingerprint density at radius 1 is 1.38 bits per heavy atom. The van der Waals surface area contributed by atoms with Gasteiger partial charge in [0, 0.05) is 12.6 Å². The Hall–Kier alpha value is -2.56. The number of carbonyl (C=O) groups is 1. The number of hydrogen-bond donors (Lipinski definition) is 1. The van der Waals surface area contributed by atoms with Gasteiger partial charge in [0.15, 0.2) is 0 Å². The molecule has 0 radical (unpaired) electrons. The molecule has 1 amide bonds. The Balaban J connectivity index is 1.60. The lowest BCUT2D eigenvalue weighted by atomic mass is 10.1. The minimum atomic E-state index is -0.209. The molecule has 2 aromatic rings. The Kier molecular flexibility index (Phi) is 3.73. The van der Waals surface area contributed by atoms with Crippen LogP contribution < -0.4 is 14.8 Å². The zero-order valence-electron chi connectivity index (χ0n) is 11.7. The number of rotatable bonds is 4. The SMILES string of the molecule is COc1ncccc1C(=O)NC[C@H]1Cc2ccccc2O1. The molecule has 0 unspecified atom stereocenters. The first kappa shape index (κ1) is 13.4. The largest absolute Gasteiger partial charge is 0.488 e. The molecular formula is C16H16N2O3. The summed E-state index contributed by atoms with van der Waals surface area (Å²) in [5.74, 6) is 1.01. The number of ether oxygens (including phenoxy) is 2. The molecule has 1 N–H and O–H groups in total. The van der Waals surface area contributed by atoms with Gasteiger partial charge in [-0.3, -0.25) is 4.79 Å². The van der Waals surface area contributed by atoms with Gasteiger partial charge in [0.25, 0.3) is 5.91 Å². The molecule has 3 rings (SSSR count). The standard InChI is InChI=1S/C16H16N2O3/c1-20-16-13(6-4-8-17-16)15(19)18-10-12-9-11-5-2-3-7-14(11)21-12/h2-8,12H,9-10H2,1H3,(H,18,19)/t12-/m1/s1. The lowest BCUT2D eigenvalue weighted by molar-refractivity contribution is 0.0929. The van der Waals surface area contributed by atoms with Crippen LogP contribution in [0.2, 0.25) is 0 Å². The van der Waals surface area contributed by atoms with Crippen LogP contribution in [0.5, 0.6) is 11.6 Å². The average Bonchev–Trinajstić information content (AvgIpc) is 2.95. The van der Waals surface area contributed by atoms with Crippen LogP contribution in [0.1, 0.15) is 15.9 Å². The van der Waals surface area contributed by atoms with Crippen LogP contribution in [0.15, 0.2) is 42.6 Å². The summed E-state index contributed by atoms with van der Waals surface area (Å²) >= 11 is 0. The van der Waals surface area contributed by atoms with Gasteiger partial charge in [-0.15, -0.1) is 0 Å². The van der Waals surface area contributed by atoms with Crippen LogP contribution in [0.25, 0.3) is 0 Å². The Morgan fingerprint density at radius 3 is 3.05 bits per heavy atom. The van der Waals surface area contributed by atoms with Gasteiger partial charge in [-0.2, -0.15) is 0 Å². The highest BCUT2D eigenvalue weighted by Crippen LogP contribution is 2.27.